The van der Waals surface area contributed by atoms with Gasteiger partial charge in [-0.2, -0.15) is 0 Å². The summed E-state index contributed by atoms with van der Waals surface area (Å²) in [6.45, 7) is 0. The van der Waals surface area contributed by atoms with E-state index in [0.717, 1.165) is 11.3 Å². The first kappa shape index (κ1) is 9.45. The van der Waals surface area contributed by atoms with Gasteiger partial charge in [0.25, 0.3) is 0 Å². The molecule has 0 aliphatic rings. The zero-order valence-corrected chi connectivity index (χ0v) is 8.32. The third kappa shape index (κ3) is 1.88. The fourth-order valence-corrected chi connectivity index (χ4v) is 1.30. The van der Waals surface area contributed by atoms with Gasteiger partial charge in [0.2, 0.25) is 5.90 Å². The van der Waals surface area contributed by atoms with Gasteiger partial charge in [-0.25, -0.2) is 4.98 Å². The standard InChI is InChI=1S/C11H11N3O/c1-15-10(12)11-13-7-9(14-11)8-5-3-2-4-6-8/h2-7,12H,1H3,(H,13,14). The molecular formula is C11H11N3O. The van der Waals surface area contributed by atoms with E-state index >= 15 is 0 Å². The first-order valence-electron chi connectivity index (χ1n) is 4.54. The number of aromatic amines is 1. The Balaban J connectivity index is 2.32. The third-order valence-electron chi connectivity index (χ3n) is 2.08. The minimum Gasteiger partial charge on any atom is -0.479 e. The summed E-state index contributed by atoms with van der Waals surface area (Å²) in [4.78, 5) is 7.08. The first-order chi connectivity index (χ1) is 7.31. The number of nitrogens with zero attached hydrogens (tertiary/aromatic N) is 1. The Morgan fingerprint density at radius 2 is 2.07 bits per heavy atom. The van der Waals surface area contributed by atoms with Crippen molar-refractivity contribution in [3.8, 4) is 11.3 Å². The number of rotatable bonds is 2. The molecule has 15 heavy (non-hydrogen) atoms. The summed E-state index contributed by atoms with van der Waals surface area (Å²) in [5, 5.41) is 7.44. The summed E-state index contributed by atoms with van der Waals surface area (Å²) in [6.07, 6.45) is 1.69. The molecule has 1 aromatic heterocycles. The molecule has 2 rings (SSSR count). The summed E-state index contributed by atoms with van der Waals surface area (Å²) >= 11 is 0. The SMILES string of the molecule is COC(=N)c1ncc(-c2ccccc2)[nH]1. The van der Waals surface area contributed by atoms with Crippen LogP contribution in [-0.2, 0) is 4.74 Å². The molecule has 4 heteroatoms. The zero-order valence-electron chi connectivity index (χ0n) is 8.32. The average molecular weight is 201 g/mol. The van der Waals surface area contributed by atoms with Crippen LogP contribution in [0.15, 0.2) is 36.5 Å². The number of hydrogen-bond acceptors (Lipinski definition) is 3. The lowest BCUT2D eigenvalue weighted by molar-refractivity contribution is 0.398. The lowest BCUT2D eigenvalue weighted by atomic mass is 10.2. The largest absolute Gasteiger partial charge is 0.479 e. The van der Waals surface area contributed by atoms with Crippen molar-refractivity contribution in [1.29, 1.82) is 5.41 Å². The Hall–Kier alpha value is -2.10. The molecule has 0 atom stereocenters. The van der Waals surface area contributed by atoms with Gasteiger partial charge in [-0.05, 0) is 5.56 Å². The Kier molecular flexibility index (Phi) is 2.49. The molecular weight excluding hydrogens is 190 g/mol. The number of methoxy groups -OCH3 is 1. The molecule has 0 bridgehead atoms. The van der Waals surface area contributed by atoms with Gasteiger partial charge in [-0.1, -0.05) is 30.3 Å². The molecule has 1 heterocycles. The normalized spacial score (nSPS) is 9.93. The van der Waals surface area contributed by atoms with Crippen LogP contribution in [0.2, 0.25) is 0 Å². The summed E-state index contributed by atoms with van der Waals surface area (Å²) in [6, 6.07) is 9.83. The molecule has 1 aromatic carbocycles. The van der Waals surface area contributed by atoms with Crippen LogP contribution in [0, 0.1) is 5.41 Å². The highest BCUT2D eigenvalue weighted by Crippen LogP contribution is 2.15. The van der Waals surface area contributed by atoms with Crippen molar-refractivity contribution in [3.63, 3.8) is 0 Å². The van der Waals surface area contributed by atoms with Crippen LogP contribution in [0.25, 0.3) is 11.3 Å². The molecule has 2 N–H and O–H groups in total. The van der Waals surface area contributed by atoms with E-state index in [-0.39, 0.29) is 5.90 Å². The van der Waals surface area contributed by atoms with Crippen molar-refractivity contribution < 1.29 is 4.74 Å². The molecule has 2 aromatic rings. The molecule has 0 unspecified atom stereocenters. The zero-order chi connectivity index (χ0) is 10.7. The molecule has 0 saturated carbocycles. The lowest BCUT2D eigenvalue weighted by Crippen LogP contribution is -2.03. The van der Waals surface area contributed by atoms with E-state index in [2.05, 4.69) is 9.97 Å². The quantitative estimate of drug-likeness (QED) is 0.577. The lowest BCUT2D eigenvalue weighted by Gasteiger charge is -1.97. The smallest absolute Gasteiger partial charge is 0.249 e. The maximum Gasteiger partial charge on any atom is 0.249 e. The van der Waals surface area contributed by atoms with Crippen LogP contribution in [0.5, 0.6) is 0 Å². The molecule has 0 amide bonds. The van der Waals surface area contributed by atoms with E-state index in [0.29, 0.717) is 5.82 Å². The number of H-pyrrole nitrogens is 1. The van der Waals surface area contributed by atoms with Gasteiger partial charge >= 0.3 is 0 Å². The van der Waals surface area contributed by atoms with Crippen molar-refractivity contribution in [2.75, 3.05) is 7.11 Å². The number of aromatic nitrogens is 2. The first-order valence-corrected chi connectivity index (χ1v) is 4.54. The average Bonchev–Trinajstić information content (AvgIpc) is 2.78. The summed E-state index contributed by atoms with van der Waals surface area (Å²) in [5.41, 5.74) is 1.92. The van der Waals surface area contributed by atoms with E-state index in [9.17, 15) is 0 Å². The van der Waals surface area contributed by atoms with E-state index < -0.39 is 0 Å². The predicted molar refractivity (Wildman–Crippen MR) is 57.9 cm³/mol. The molecule has 0 spiro atoms. The number of benzene rings is 1. The Morgan fingerprint density at radius 3 is 2.73 bits per heavy atom. The van der Waals surface area contributed by atoms with Gasteiger partial charge < -0.3 is 9.72 Å². The molecule has 0 aliphatic heterocycles. The molecule has 4 nitrogen and oxygen atoms in total. The van der Waals surface area contributed by atoms with Crippen molar-refractivity contribution in [3.05, 3.63) is 42.4 Å². The van der Waals surface area contributed by atoms with E-state index in [4.69, 9.17) is 10.1 Å². The van der Waals surface area contributed by atoms with Gasteiger partial charge in [0.15, 0.2) is 5.82 Å². The Labute approximate surface area is 87.4 Å². The summed E-state index contributed by atoms with van der Waals surface area (Å²) in [7, 11) is 1.45. The van der Waals surface area contributed by atoms with Crippen molar-refractivity contribution in [2.45, 2.75) is 0 Å². The second-order valence-corrected chi connectivity index (χ2v) is 3.04. The van der Waals surface area contributed by atoms with Crippen molar-refractivity contribution in [1.82, 2.24) is 9.97 Å². The van der Waals surface area contributed by atoms with Crippen molar-refractivity contribution >= 4 is 5.90 Å². The maximum atomic E-state index is 7.44. The highest BCUT2D eigenvalue weighted by molar-refractivity contribution is 5.88. The number of imidazole rings is 1. The molecule has 0 aliphatic carbocycles. The summed E-state index contributed by atoms with van der Waals surface area (Å²) in [5.74, 6) is 0.480. The number of ether oxygens (including phenoxy) is 1. The third-order valence-corrected chi connectivity index (χ3v) is 2.08. The predicted octanol–water partition coefficient (Wildman–Crippen LogP) is 2.05. The minimum absolute atomic E-state index is 0.0391. The topological polar surface area (TPSA) is 61.8 Å². The monoisotopic (exact) mass is 201 g/mol. The van der Waals surface area contributed by atoms with Gasteiger partial charge in [-0.15, -0.1) is 0 Å². The molecule has 0 saturated heterocycles. The molecule has 76 valence electrons. The maximum absolute atomic E-state index is 7.44. The van der Waals surface area contributed by atoms with Crippen LogP contribution >= 0.6 is 0 Å². The molecule has 0 radical (unpaired) electrons. The summed E-state index contributed by atoms with van der Waals surface area (Å²) < 4.78 is 4.77. The Morgan fingerprint density at radius 1 is 1.33 bits per heavy atom. The van der Waals surface area contributed by atoms with Crippen LogP contribution in [0.1, 0.15) is 5.82 Å². The van der Waals surface area contributed by atoms with Crippen molar-refractivity contribution in [2.24, 2.45) is 0 Å². The Bertz CT molecular complexity index is 462. The van der Waals surface area contributed by atoms with Crippen LogP contribution in [0.3, 0.4) is 0 Å². The van der Waals surface area contributed by atoms with E-state index in [1.165, 1.54) is 7.11 Å². The number of nitrogens with one attached hydrogen (secondary N) is 2. The highest BCUT2D eigenvalue weighted by atomic mass is 16.5. The fraction of sp³-hybridized carbons (Fsp3) is 0.0909. The second-order valence-electron chi connectivity index (χ2n) is 3.04. The minimum atomic E-state index is 0.0391. The van der Waals surface area contributed by atoms with Gasteiger partial charge in [0.1, 0.15) is 0 Å². The highest BCUT2D eigenvalue weighted by Gasteiger charge is 2.06. The van der Waals surface area contributed by atoms with Gasteiger partial charge in [0, 0.05) is 0 Å². The van der Waals surface area contributed by atoms with E-state index in [1.54, 1.807) is 6.20 Å². The van der Waals surface area contributed by atoms with Crippen LogP contribution in [-0.4, -0.2) is 23.0 Å². The number of hydrogen-bond donors (Lipinski definition) is 2. The fourth-order valence-electron chi connectivity index (χ4n) is 1.30. The van der Waals surface area contributed by atoms with Crippen LogP contribution in [0.4, 0.5) is 0 Å². The van der Waals surface area contributed by atoms with Crippen LogP contribution < -0.4 is 0 Å². The van der Waals surface area contributed by atoms with Gasteiger partial charge in [0.05, 0.1) is 19.0 Å². The molecule has 0 fully saturated rings. The van der Waals surface area contributed by atoms with E-state index in [1.807, 2.05) is 30.3 Å². The van der Waals surface area contributed by atoms with Gasteiger partial charge in [-0.3, -0.25) is 5.41 Å². The second kappa shape index (κ2) is 3.96.